The van der Waals surface area contributed by atoms with E-state index >= 15 is 0 Å². The summed E-state index contributed by atoms with van der Waals surface area (Å²) in [5, 5.41) is 15.0. The van der Waals surface area contributed by atoms with Crippen LogP contribution in [0.1, 0.15) is 12.5 Å². The third-order valence-corrected chi connectivity index (χ3v) is 6.69. The zero-order chi connectivity index (χ0) is 24.1. The van der Waals surface area contributed by atoms with Gasteiger partial charge >= 0.3 is 0 Å². The SMILES string of the molecule is CC(=NNC(=O)CSc1nnc(-c2ccc(Cl)cc2)n1-c1ccccc1)c1ccc(Cl)c(Cl)c1. The molecule has 4 aromatic rings. The summed E-state index contributed by atoms with van der Waals surface area (Å²) in [4.78, 5) is 12.5. The molecule has 0 saturated heterocycles. The second-order valence-electron chi connectivity index (χ2n) is 7.13. The summed E-state index contributed by atoms with van der Waals surface area (Å²) in [5.74, 6) is 0.475. The van der Waals surface area contributed by atoms with Crippen molar-refractivity contribution >= 4 is 58.2 Å². The molecule has 172 valence electrons. The molecule has 0 bridgehead atoms. The molecule has 4 rings (SSSR count). The lowest BCUT2D eigenvalue weighted by molar-refractivity contribution is -0.118. The molecule has 34 heavy (non-hydrogen) atoms. The molecular weight excluding hydrogens is 513 g/mol. The van der Waals surface area contributed by atoms with Crippen LogP contribution in [-0.4, -0.2) is 32.1 Å². The molecule has 1 N–H and O–H groups in total. The predicted octanol–water partition coefficient (Wildman–Crippen LogP) is 6.53. The number of rotatable bonds is 7. The van der Waals surface area contributed by atoms with Crippen LogP contribution in [-0.2, 0) is 4.79 Å². The van der Waals surface area contributed by atoms with Gasteiger partial charge in [0.15, 0.2) is 11.0 Å². The van der Waals surface area contributed by atoms with E-state index in [1.54, 1.807) is 37.3 Å². The summed E-state index contributed by atoms with van der Waals surface area (Å²) < 4.78 is 1.91. The standard InChI is InChI=1S/C24H18Cl3N5OS/c1-15(17-9-12-20(26)21(27)13-17)28-29-22(33)14-34-24-31-30-23(16-7-10-18(25)11-8-16)32(24)19-5-3-2-4-6-19/h2-13H,14H2,1H3,(H,29,33). The summed E-state index contributed by atoms with van der Waals surface area (Å²) >= 11 is 19.3. The van der Waals surface area contributed by atoms with Crippen molar-refractivity contribution < 1.29 is 4.79 Å². The number of carbonyl (C=O) groups is 1. The Balaban J connectivity index is 1.51. The Hall–Kier alpha value is -2.84. The normalized spacial score (nSPS) is 11.5. The van der Waals surface area contributed by atoms with Crippen LogP contribution in [0.15, 0.2) is 83.1 Å². The highest BCUT2D eigenvalue weighted by Crippen LogP contribution is 2.28. The van der Waals surface area contributed by atoms with Crippen LogP contribution in [0, 0.1) is 0 Å². The van der Waals surface area contributed by atoms with Crippen molar-refractivity contribution in [3.8, 4) is 17.1 Å². The van der Waals surface area contributed by atoms with Crippen molar-refractivity contribution in [2.75, 3.05) is 5.75 Å². The highest BCUT2D eigenvalue weighted by molar-refractivity contribution is 7.99. The summed E-state index contributed by atoms with van der Waals surface area (Å²) in [6.07, 6.45) is 0. The van der Waals surface area contributed by atoms with Crippen molar-refractivity contribution in [1.82, 2.24) is 20.2 Å². The summed E-state index contributed by atoms with van der Waals surface area (Å²) in [5.41, 5.74) is 5.68. The average molecular weight is 531 g/mol. The minimum Gasteiger partial charge on any atom is -0.272 e. The van der Waals surface area contributed by atoms with Crippen molar-refractivity contribution in [2.24, 2.45) is 5.10 Å². The molecule has 0 unspecified atom stereocenters. The number of nitrogens with one attached hydrogen (secondary N) is 1. The fourth-order valence-electron chi connectivity index (χ4n) is 3.05. The molecule has 10 heteroatoms. The summed E-state index contributed by atoms with van der Waals surface area (Å²) in [6, 6.07) is 22.3. The molecule has 0 aliphatic carbocycles. The molecule has 1 amide bonds. The van der Waals surface area contributed by atoms with E-state index < -0.39 is 0 Å². The zero-order valence-corrected chi connectivity index (χ0v) is 21.0. The van der Waals surface area contributed by atoms with Gasteiger partial charge in [-0.15, -0.1) is 10.2 Å². The second-order valence-corrected chi connectivity index (χ2v) is 9.33. The van der Waals surface area contributed by atoms with Crippen LogP contribution in [0.25, 0.3) is 17.1 Å². The number of benzene rings is 3. The van der Waals surface area contributed by atoms with E-state index in [0.29, 0.717) is 31.8 Å². The Bertz CT molecular complexity index is 1340. The van der Waals surface area contributed by atoms with Gasteiger partial charge in [0.2, 0.25) is 0 Å². The van der Waals surface area contributed by atoms with Crippen molar-refractivity contribution in [1.29, 1.82) is 0 Å². The van der Waals surface area contributed by atoms with Gasteiger partial charge in [-0.1, -0.05) is 70.8 Å². The molecule has 3 aromatic carbocycles. The predicted molar refractivity (Wildman–Crippen MR) is 139 cm³/mol. The van der Waals surface area contributed by atoms with Crippen LogP contribution >= 0.6 is 46.6 Å². The molecular formula is C24H18Cl3N5OS. The number of carbonyl (C=O) groups excluding carboxylic acids is 1. The summed E-state index contributed by atoms with van der Waals surface area (Å²) in [6.45, 7) is 1.78. The monoisotopic (exact) mass is 529 g/mol. The third kappa shape index (κ3) is 5.80. The van der Waals surface area contributed by atoms with E-state index in [0.717, 1.165) is 16.8 Å². The maximum absolute atomic E-state index is 12.5. The van der Waals surface area contributed by atoms with Gasteiger partial charge < -0.3 is 0 Å². The number of hydrazone groups is 1. The maximum Gasteiger partial charge on any atom is 0.250 e. The fraction of sp³-hybridized carbons (Fsp3) is 0.0833. The molecule has 0 aliphatic heterocycles. The number of aromatic nitrogens is 3. The van der Waals surface area contributed by atoms with Crippen molar-refractivity contribution in [3.05, 3.63) is 93.4 Å². The fourth-order valence-corrected chi connectivity index (χ4v) is 4.22. The molecule has 0 radical (unpaired) electrons. The van der Waals surface area contributed by atoms with Crippen LogP contribution in [0.3, 0.4) is 0 Å². The van der Waals surface area contributed by atoms with E-state index in [2.05, 4.69) is 20.7 Å². The minimum atomic E-state index is -0.278. The number of hydrogen-bond donors (Lipinski definition) is 1. The first-order valence-electron chi connectivity index (χ1n) is 10.1. The molecule has 0 spiro atoms. The maximum atomic E-state index is 12.5. The topological polar surface area (TPSA) is 72.2 Å². The van der Waals surface area contributed by atoms with Crippen molar-refractivity contribution in [2.45, 2.75) is 12.1 Å². The van der Waals surface area contributed by atoms with Crippen LogP contribution in [0.2, 0.25) is 15.1 Å². The van der Waals surface area contributed by atoms with Crippen LogP contribution in [0.4, 0.5) is 0 Å². The van der Waals surface area contributed by atoms with Gasteiger partial charge in [0.05, 0.1) is 21.5 Å². The lowest BCUT2D eigenvalue weighted by Gasteiger charge is -2.10. The Morgan fingerprint density at radius 3 is 2.41 bits per heavy atom. The summed E-state index contributed by atoms with van der Waals surface area (Å²) in [7, 11) is 0. The van der Waals surface area contributed by atoms with E-state index in [-0.39, 0.29) is 11.7 Å². The number of amides is 1. The van der Waals surface area contributed by atoms with Gasteiger partial charge in [0.1, 0.15) is 0 Å². The molecule has 0 saturated carbocycles. The quantitative estimate of drug-likeness (QED) is 0.168. The molecule has 6 nitrogen and oxygen atoms in total. The first-order chi connectivity index (χ1) is 16.4. The number of hydrogen-bond acceptors (Lipinski definition) is 5. The van der Waals surface area contributed by atoms with E-state index in [4.69, 9.17) is 34.8 Å². The van der Waals surface area contributed by atoms with Crippen molar-refractivity contribution in [3.63, 3.8) is 0 Å². The van der Waals surface area contributed by atoms with Gasteiger partial charge in [0, 0.05) is 16.3 Å². The minimum absolute atomic E-state index is 0.101. The second kappa shape index (κ2) is 11.1. The van der Waals surface area contributed by atoms with Gasteiger partial charge in [-0.2, -0.15) is 5.10 Å². The highest BCUT2D eigenvalue weighted by Gasteiger charge is 2.17. The lowest BCUT2D eigenvalue weighted by Crippen LogP contribution is -2.21. The van der Waals surface area contributed by atoms with E-state index in [1.165, 1.54) is 11.8 Å². The first kappa shape index (κ1) is 24.3. The van der Waals surface area contributed by atoms with Crippen LogP contribution in [0.5, 0.6) is 0 Å². The van der Waals surface area contributed by atoms with E-state index in [9.17, 15) is 4.79 Å². The molecule has 0 fully saturated rings. The average Bonchev–Trinajstić information content (AvgIpc) is 3.28. The number of thioether (sulfide) groups is 1. The third-order valence-electron chi connectivity index (χ3n) is 4.77. The number of nitrogens with zero attached hydrogens (tertiary/aromatic N) is 4. The Labute approximate surface area is 215 Å². The highest BCUT2D eigenvalue weighted by atomic mass is 35.5. The molecule has 1 aromatic heterocycles. The Morgan fingerprint density at radius 1 is 0.971 bits per heavy atom. The number of para-hydroxylation sites is 1. The van der Waals surface area contributed by atoms with Gasteiger partial charge in [0.25, 0.3) is 5.91 Å². The Morgan fingerprint density at radius 2 is 1.71 bits per heavy atom. The Kier molecular flexibility index (Phi) is 7.90. The number of halogens is 3. The molecule has 0 aliphatic rings. The van der Waals surface area contributed by atoms with E-state index in [1.807, 2.05) is 47.0 Å². The largest absolute Gasteiger partial charge is 0.272 e. The first-order valence-corrected chi connectivity index (χ1v) is 12.2. The van der Waals surface area contributed by atoms with Gasteiger partial charge in [-0.25, -0.2) is 5.43 Å². The van der Waals surface area contributed by atoms with Gasteiger partial charge in [-0.3, -0.25) is 9.36 Å². The zero-order valence-electron chi connectivity index (χ0n) is 17.9. The smallest absolute Gasteiger partial charge is 0.250 e. The lowest BCUT2D eigenvalue weighted by atomic mass is 10.1. The van der Waals surface area contributed by atoms with Crippen LogP contribution < -0.4 is 5.43 Å². The molecule has 1 heterocycles. The molecule has 0 atom stereocenters. The van der Waals surface area contributed by atoms with Gasteiger partial charge in [-0.05, 0) is 61.0 Å².